The van der Waals surface area contributed by atoms with Gasteiger partial charge in [-0.05, 0) is 18.6 Å². The molecular formula is C17H20N2O4. The molecule has 0 aliphatic carbocycles. The fourth-order valence-electron chi connectivity index (χ4n) is 2.10. The molecule has 1 aromatic heterocycles. The highest BCUT2D eigenvalue weighted by Crippen LogP contribution is 2.07. The van der Waals surface area contributed by atoms with Crippen molar-refractivity contribution < 1.29 is 19.1 Å². The van der Waals surface area contributed by atoms with Crippen LogP contribution in [-0.2, 0) is 38.6 Å². The highest BCUT2D eigenvalue weighted by molar-refractivity contribution is 5.69. The van der Waals surface area contributed by atoms with Gasteiger partial charge in [0.2, 0.25) is 0 Å². The molecule has 0 unspecified atom stereocenters. The lowest BCUT2D eigenvalue weighted by atomic mass is 10.2. The minimum atomic E-state index is -0.348. The summed E-state index contributed by atoms with van der Waals surface area (Å²) in [6.07, 6.45) is 0.755. The summed E-state index contributed by atoms with van der Waals surface area (Å²) in [7, 11) is 1.36. The fraction of sp³-hybridized carbons (Fsp3) is 0.353. The van der Waals surface area contributed by atoms with Crippen LogP contribution >= 0.6 is 0 Å². The smallest absolute Gasteiger partial charge is 0.328 e. The number of benzene rings is 1. The van der Waals surface area contributed by atoms with Crippen LogP contribution in [0.5, 0.6) is 0 Å². The summed E-state index contributed by atoms with van der Waals surface area (Å²) < 4.78 is 11.4. The van der Waals surface area contributed by atoms with E-state index in [1.807, 2.05) is 43.3 Å². The fourth-order valence-corrected chi connectivity index (χ4v) is 2.10. The maximum absolute atomic E-state index is 11.9. The largest absolute Gasteiger partial charge is 0.469 e. The molecule has 0 saturated carbocycles. The summed E-state index contributed by atoms with van der Waals surface area (Å²) in [5.41, 5.74) is 2.54. The van der Waals surface area contributed by atoms with Gasteiger partial charge in [0.15, 0.2) is 0 Å². The molecule has 1 aromatic carbocycles. The van der Waals surface area contributed by atoms with E-state index < -0.39 is 0 Å². The van der Waals surface area contributed by atoms with Crippen LogP contribution < -0.4 is 0 Å². The molecule has 2 aromatic rings. The number of aromatic nitrogens is 2. The van der Waals surface area contributed by atoms with Gasteiger partial charge in [-0.2, -0.15) is 5.10 Å². The Hall–Kier alpha value is -2.63. The van der Waals surface area contributed by atoms with Crippen LogP contribution in [0.15, 0.2) is 36.4 Å². The average Bonchev–Trinajstić information content (AvgIpc) is 2.91. The first-order valence-corrected chi connectivity index (χ1v) is 7.38. The molecule has 1 heterocycles. The second-order valence-corrected chi connectivity index (χ2v) is 5.16. The molecule has 0 radical (unpaired) electrons. The number of esters is 2. The zero-order valence-corrected chi connectivity index (χ0v) is 13.3. The lowest BCUT2D eigenvalue weighted by Crippen LogP contribution is -2.15. The summed E-state index contributed by atoms with van der Waals surface area (Å²) in [5, 5.41) is 4.32. The Labute approximate surface area is 135 Å². The first kappa shape index (κ1) is 16.7. The van der Waals surface area contributed by atoms with Gasteiger partial charge in [0.25, 0.3) is 0 Å². The Bertz CT molecular complexity index is 664. The van der Waals surface area contributed by atoms with Gasteiger partial charge in [-0.1, -0.05) is 30.3 Å². The highest BCUT2D eigenvalue weighted by atomic mass is 16.5. The number of nitrogens with zero attached hydrogens (tertiary/aromatic N) is 2. The number of hydrogen-bond donors (Lipinski definition) is 0. The SMILES string of the molecule is COC(=O)CCc1cc(C)n(CC(=O)OCc2ccccc2)n1. The number of ether oxygens (including phenoxy) is 2. The van der Waals surface area contributed by atoms with Gasteiger partial charge in [0.05, 0.1) is 19.2 Å². The molecule has 0 N–H and O–H groups in total. The normalized spacial score (nSPS) is 10.3. The standard InChI is InChI=1S/C17H20N2O4/c1-13-10-15(8-9-16(20)22-2)18-19(13)11-17(21)23-12-14-6-4-3-5-7-14/h3-7,10H,8-9,11-12H2,1-2H3. The van der Waals surface area contributed by atoms with E-state index in [1.165, 1.54) is 7.11 Å². The summed E-state index contributed by atoms with van der Waals surface area (Å²) in [5.74, 6) is -0.626. The number of methoxy groups -OCH3 is 1. The molecule has 6 nitrogen and oxygen atoms in total. The van der Waals surface area contributed by atoms with Crippen molar-refractivity contribution in [3.05, 3.63) is 53.3 Å². The van der Waals surface area contributed by atoms with Gasteiger partial charge in [-0.25, -0.2) is 0 Å². The molecule has 2 rings (SSSR count). The van der Waals surface area contributed by atoms with Crippen LogP contribution in [0, 0.1) is 6.92 Å². The quantitative estimate of drug-likeness (QED) is 0.731. The van der Waals surface area contributed by atoms with Crippen molar-refractivity contribution in [2.24, 2.45) is 0 Å². The lowest BCUT2D eigenvalue weighted by Gasteiger charge is -2.06. The van der Waals surface area contributed by atoms with Crippen molar-refractivity contribution >= 4 is 11.9 Å². The molecule has 0 bridgehead atoms. The second kappa shape index (κ2) is 8.12. The molecule has 0 aliphatic heterocycles. The van der Waals surface area contributed by atoms with E-state index in [1.54, 1.807) is 4.68 Å². The monoisotopic (exact) mass is 316 g/mol. The third-order valence-electron chi connectivity index (χ3n) is 3.37. The van der Waals surface area contributed by atoms with Crippen molar-refractivity contribution in [1.29, 1.82) is 0 Å². The number of aryl methyl sites for hydroxylation is 2. The Morgan fingerprint density at radius 2 is 1.91 bits per heavy atom. The number of rotatable bonds is 7. The van der Waals surface area contributed by atoms with E-state index in [9.17, 15) is 9.59 Å². The molecule has 0 spiro atoms. The molecule has 0 fully saturated rings. The molecule has 0 atom stereocenters. The van der Waals surface area contributed by atoms with E-state index in [0.29, 0.717) is 6.42 Å². The maximum atomic E-state index is 11.9. The zero-order valence-electron chi connectivity index (χ0n) is 13.3. The van der Waals surface area contributed by atoms with Crippen molar-refractivity contribution in [3.63, 3.8) is 0 Å². The van der Waals surface area contributed by atoms with E-state index in [0.717, 1.165) is 17.0 Å². The minimum Gasteiger partial charge on any atom is -0.469 e. The Morgan fingerprint density at radius 3 is 2.61 bits per heavy atom. The molecule has 6 heteroatoms. The van der Waals surface area contributed by atoms with E-state index in [-0.39, 0.29) is 31.5 Å². The molecule has 0 amide bonds. The van der Waals surface area contributed by atoms with Crippen LogP contribution in [0.25, 0.3) is 0 Å². The van der Waals surface area contributed by atoms with Crippen molar-refractivity contribution in [2.75, 3.05) is 7.11 Å². The Kier molecular flexibility index (Phi) is 5.91. The van der Waals surface area contributed by atoms with E-state index in [2.05, 4.69) is 9.84 Å². The summed E-state index contributed by atoms with van der Waals surface area (Å²) >= 11 is 0. The van der Waals surface area contributed by atoms with Crippen molar-refractivity contribution in [3.8, 4) is 0 Å². The topological polar surface area (TPSA) is 70.4 Å². The predicted molar refractivity (Wildman–Crippen MR) is 83.5 cm³/mol. The third-order valence-corrected chi connectivity index (χ3v) is 3.37. The minimum absolute atomic E-state index is 0.0525. The number of hydrogen-bond acceptors (Lipinski definition) is 5. The Balaban J connectivity index is 1.85. The highest BCUT2D eigenvalue weighted by Gasteiger charge is 2.11. The lowest BCUT2D eigenvalue weighted by molar-refractivity contribution is -0.146. The zero-order chi connectivity index (χ0) is 16.7. The Morgan fingerprint density at radius 1 is 1.17 bits per heavy atom. The van der Waals surface area contributed by atoms with Crippen molar-refractivity contribution in [2.45, 2.75) is 32.9 Å². The van der Waals surface area contributed by atoms with Gasteiger partial charge in [-0.3, -0.25) is 14.3 Å². The summed E-state index contributed by atoms with van der Waals surface area (Å²) in [6.45, 7) is 2.16. The molecule has 0 saturated heterocycles. The predicted octanol–water partition coefficient (Wildman–Crippen LogP) is 2.04. The first-order chi connectivity index (χ1) is 11.1. The molecular weight excluding hydrogens is 296 g/mol. The van der Waals surface area contributed by atoms with Crippen LogP contribution in [0.2, 0.25) is 0 Å². The summed E-state index contributed by atoms with van der Waals surface area (Å²) in [4.78, 5) is 23.0. The maximum Gasteiger partial charge on any atom is 0.328 e. The average molecular weight is 316 g/mol. The van der Waals surface area contributed by atoms with Crippen LogP contribution in [0.4, 0.5) is 0 Å². The van der Waals surface area contributed by atoms with Crippen LogP contribution in [0.3, 0.4) is 0 Å². The van der Waals surface area contributed by atoms with E-state index >= 15 is 0 Å². The van der Waals surface area contributed by atoms with Gasteiger partial charge in [0, 0.05) is 12.1 Å². The summed E-state index contributed by atoms with van der Waals surface area (Å²) in [6, 6.07) is 11.4. The van der Waals surface area contributed by atoms with Crippen molar-refractivity contribution in [1.82, 2.24) is 9.78 Å². The van der Waals surface area contributed by atoms with Gasteiger partial charge in [0.1, 0.15) is 13.2 Å². The van der Waals surface area contributed by atoms with Gasteiger partial charge < -0.3 is 9.47 Å². The van der Waals surface area contributed by atoms with Crippen LogP contribution in [-0.4, -0.2) is 28.8 Å². The van der Waals surface area contributed by atoms with Gasteiger partial charge >= 0.3 is 11.9 Å². The molecule has 0 aliphatic rings. The molecule has 122 valence electrons. The molecule has 23 heavy (non-hydrogen) atoms. The number of carbonyl (C=O) groups excluding carboxylic acids is 2. The number of carbonyl (C=O) groups is 2. The second-order valence-electron chi connectivity index (χ2n) is 5.16. The third kappa shape index (κ3) is 5.25. The first-order valence-electron chi connectivity index (χ1n) is 7.38. The van der Waals surface area contributed by atoms with Gasteiger partial charge in [-0.15, -0.1) is 0 Å². The van der Waals surface area contributed by atoms with E-state index in [4.69, 9.17) is 4.74 Å². The van der Waals surface area contributed by atoms with Crippen LogP contribution in [0.1, 0.15) is 23.4 Å².